The summed E-state index contributed by atoms with van der Waals surface area (Å²) in [4.78, 5) is 32.9. The van der Waals surface area contributed by atoms with Crippen LogP contribution in [-0.2, 0) is 14.3 Å². The van der Waals surface area contributed by atoms with Crippen molar-refractivity contribution in [3.8, 4) is 0 Å². The first-order valence-electron chi connectivity index (χ1n) is 9.63. The quantitative estimate of drug-likeness (QED) is 0.831. The minimum Gasteiger partial charge on any atom is -0.450 e. The van der Waals surface area contributed by atoms with Crippen LogP contribution in [0.5, 0.6) is 0 Å². The molecular weight excluding hydrogens is 348 g/mol. The Labute approximate surface area is 159 Å². The zero-order valence-corrected chi connectivity index (χ0v) is 15.8. The van der Waals surface area contributed by atoms with Crippen molar-refractivity contribution in [2.24, 2.45) is 0 Å². The normalized spacial score (nSPS) is 20.1. The zero-order valence-electron chi connectivity index (χ0n) is 15.8. The lowest BCUT2D eigenvalue weighted by Gasteiger charge is -2.36. The van der Waals surface area contributed by atoms with Crippen molar-refractivity contribution in [1.29, 1.82) is 0 Å². The molecule has 2 amide bonds. The number of carbonyl (C=O) groups excluding carboxylic acids is 2. The van der Waals surface area contributed by atoms with Gasteiger partial charge in [-0.2, -0.15) is 0 Å². The zero-order chi connectivity index (χ0) is 19.1. The highest BCUT2D eigenvalue weighted by molar-refractivity contribution is 5.83. The Morgan fingerprint density at radius 1 is 1.30 bits per heavy atom. The molecule has 8 heteroatoms. The summed E-state index contributed by atoms with van der Waals surface area (Å²) >= 11 is 0. The molecule has 3 heterocycles. The third-order valence-corrected chi connectivity index (χ3v) is 5.03. The van der Waals surface area contributed by atoms with Gasteiger partial charge in [0.1, 0.15) is 6.04 Å². The number of morpholine rings is 1. The van der Waals surface area contributed by atoms with E-state index in [4.69, 9.17) is 9.47 Å². The summed E-state index contributed by atoms with van der Waals surface area (Å²) in [5.41, 5.74) is 0.890. The minimum atomic E-state index is -0.370. The number of rotatable bonds is 5. The Morgan fingerprint density at radius 2 is 2.04 bits per heavy atom. The fraction of sp³-hybridized carbons (Fsp3) is 0.632. The SMILES string of the molecule is CCOC(=O)N1CCC(NC(=O)[C@@H](c2cccnc2)N2CCOCC2)CC1. The third kappa shape index (κ3) is 5.17. The first-order chi connectivity index (χ1) is 13.2. The van der Waals surface area contributed by atoms with E-state index in [0.29, 0.717) is 46.0 Å². The van der Waals surface area contributed by atoms with Gasteiger partial charge < -0.3 is 19.7 Å². The number of pyridine rings is 1. The number of amides is 2. The van der Waals surface area contributed by atoms with Crippen molar-refractivity contribution in [2.75, 3.05) is 46.0 Å². The summed E-state index contributed by atoms with van der Waals surface area (Å²) in [5.74, 6) is -0.0144. The molecule has 27 heavy (non-hydrogen) atoms. The van der Waals surface area contributed by atoms with Gasteiger partial charge in [-0.05, 0) is 31.4 Å². The maximum atomic E-state index is 13.1. The van der Waals surface area contributed by atoms with Crippen molar-refractivity contribution < 1.29 is 19.1 Å². The fourth-order valence-electron chi connectivity index (χ4n) is 3.60. The lowest BCUT2D eigenvalue weighted by molar-refractivity contribution is -0.129. The lowest BCUT2D eigenvalue weighted by Crippen LogP contribution is -2.51. The molecule has 2 aliphatic heterocycles. The number of ether oxygens (including phenoxy) is 2. The molecule has 1 aromatic rings. The number of hydrogen-bond donors (Lipinski definition) is 1. The van der Waals surface area contributed by atoms with Gasteiger partial charge in [0.25, 0.3) is 0 Å². The number of likely N-dealkylation sites (tertiary alicyclic amines) is 1. The van der Waals surface area contributed by atoms with E-state index < -0.39 is 0 Å². The second kappa shape index (κ2) is 9.66. The second-order valence-corrected chi connectivity index (χ2v) is 6.81. The van der Waals surface area contributed by atoms with E-state index in [1.807, 2.05) is 12.1 Å². The first-order valence-corrected chi connectivity index (χ1v) is 9.63. The summed E-state index contributed by atoms with van der Waals surface area (Å²) in [7, 11) is 0. The van der Waals surface area contributed by atoms with E-state index in [1.165, 1.54) is 0 Å². The molecule has 0 bridgehead atoms. The van der Waals surface area contributed by atoms with Gasteiger partial charge in [-0.1, -0.05) is 6.07 Å². The van der Waals surface area contributed by atoms with E-state index in [0.717, 1.165) is 18.4 Å². The molecular formula is C19H28N4O4. The topological polar surface area (TPSA) is 84.0 Å². The molecule has 1 atom stereocenters. The summed E-state index contributed by atoms with van der Waals surface area (Å²) in [6.45, 7) is 6.06. The van der Waals surface area contributed by atoms with Crippen molar-refractivity contribution in [2.45, 2.75) is 31.8 Å². The van der Waals surface area contributed by atoms with Crippen LogP contribution in [0.1, 0.15) is 31.4 Å². The summed E-state index contributed by atoms with van der Waals surface area (Å²) in [6.07, 6.45) is 4.65. The maximum Gasteiger partial charge on any atom is 0.409 e. The number of nitrogens with zero attached hydrogens (tertiary/aromatic N) is 3. The molecule has 0 spiro atoms. The molecule has 2 aliphatic rings. The molecule has 1 N–H and O–H groups in total. The monoisotopic (exact) mass is 376 g/mol. The average molecular weight is 376 g/mol. The fourth-order valence-corrected chi connectivity index (χ4v) is 3.60. The average Bonchev–Trinajstić information content (AvgIpc) is 2.70. The Kier molecular flexibility index (Phi) is 7.00. The van der Waals surface area contributed by atoms with Crippen molar-refractivity contribution >= 4 is 12.0 Å². The number of piperidine rings is 1. The van der Waals surface area contributed by atoms with Gasteiger partial charge in [0.2, 0.25) is 5.91 Å². The van der Waals surface area contributed by atoms with Crippen LogP contribution < -0.4 is 5.32 Å². The molecule has 0 radical (unpaired) electrons. The van der Waals surface area contributed by atoms with Gasteiger partial charge in [0.05, 0.1) is 19.8 Å². The van der Waals surface area contributed by atoms with E-state index in [1.54, 1.807) is 24.2 Å². The van der Waals surface area contributed by atoms with Crippen LogP contribution in [0.15, 0.2) is 24.5 Å². The van der Waals surface area contributed by atoms with Crippen LogP contribution in [0.3, 0.4) is 0 Å². The standard InChI is InChI=1S/C19H28N4O4/c1-2-27-19(25)23-8-5-16(6-9-23)21-18(24)17(15-4-3-7-20-14-15)22-10-12-26-13-11-22/h3-4,7,14,16-17H,2,5-6,8-13H2,1H3,(H,21,24)/t17-/m1/s1. The number of carbonyl (C=O) groups is 2. The van der Waals surface area contributed by atoms with Gasteiger partial charge in [0.15, 0.2) is 0 Å². The summed E-state index contributed by atoms with van der Waals surface area (Å²) in [6, 6.07) is 3.48. The van der Waals surface area contributed by atoms with Crippen molar-refractivity contribution in [3.63, 3.8) is 0 Å². The molecule has 0 unspecified atom stereocenters. The van der Waals surface area contributed by atoms with Crippen molar-refractivity contribution in [1.82, 2.24) is 20.1 Å². The molecule has 0 saturated carbocycles. The van der Waals surface area contributed by atoms with Crippen LogP contribution in [0.4, 0.5) is 4.79 Å². The highest BCUT2D eigenvalue weighted by Crippen LogP contribution is 2.22. The number of nitrogens with one attached hydrogen (secondary N) is 1. The van der Waals surface area contributed by atoms with Crippen LogP contribution in [0.2, 0.25) is 0 Å². The van der Waals surface area contributed by atoms with E-state index in [9.17, 15) is 9.59 Å². The van der Waals surface area contributed by atoms with Crippen LogP contribution in [0.25, 0.3) is 0 Å². The Balaban J connectivity index is 1.61. The van der Waals surface area contributed by atoms with Gasteiger partial charge in [-0.15, -0.1) is 0 Å². The van der Waals surface area contributed by atoms with Crippen molar-refractivity contribution in [3.05, 3.63) is 30.1 Å². The highest BCUT2D eigenvalue weighted by Gasteiger charge is 2.32. The maximum absolute atomic E-state index is 13.1. The third-order valence-electron chi connectivity index (χ3n) is 5.03. The van der Waals surface area contributed by atoms with Crippen LogP contribution >= 0.6 is 0 Å². The first kappa shape index (κ1) is 19.6. The Hall–Kier alpha value is -2.19. The van der Waals surface area contributed by atoms with E-state index >= 15 is 0 Å². The molecule has 2 fully saturated rings. The minimum absolute atomic E-state index is 0.0144. The summed E-state index contributed by atoms with van der Waals surface area (Å²) < 4.78 is 10.5. The molecule has 0 aliphatic carbocycles. The van der Waals surface area contributed by atoms with Gasteiger partial charge in [-0.3, -0.25) is 14.7 Å². The molecule has 0 aromatic carbocycles. The Morgan fingerprint density at radius 3 is 2.67 bits per heavy atom. The smallest absolute Gasteiger partial charge is 0.409 e. The highest BCUT2D eigenvalue weighted by atomic mass is 16.6. The Bertz CT molecular complexity index is 613. The number of aromatic nitrogens is 1. The molecule has 2 saturated heterocycles. The molecule has 1 aromatic heterocycles. The number of hydrogen-bond acceptors (Lipinski definition) is 6. The molecule has 3 rings (SSSR count). The summed E-state index contributed by atoms with van der Waals surface area (Å²) in [5, 5.41) is 3.18. The van der Waals surface area contributed by atoms with E-state index in [-0.39, 0.29) is 24.1 Å². The van der Waals surface area contributed by atoms with Crippen LogP contribution in [-0.4, -0.2) is 78.8 Å². The lowest BCUT2D eigenvalue weighted by atomic mass is 10.0. The molecule has 8 nitrogen and oxygen atoms in total. The largest absolute Gasteiger partial charge is 0.450 e. The van der Waals surface area contributed by atoms with Gasteiger partial charge >= 0.3 is 6.09 Å². The second-order valence-electron chi connectivity index (χ2n) is 6.81. The van der Waals surface area contributed by atoms with Gasteiger partial charge in [0, 0.05) is 44.6 Å². The predicted octanol–water partition coefficient (Wildman–Crippen LogP) is 1.19. The van der Waals surface area contributed by atoms with Gasteiger partial charge in [-0.25, -0.2) is 4.79 Å². The van der Waals surface area contributed by atoms with Crippen LogP contribution in [0, 0.1) is 0 Å². The van der Waals surface area contributed by atoms with E-state index in [2.05, 4.69) is 15.2 Å². The molecule has 148 valence electrons. The predicted molar refractivity (Wildman–Crippen MR) is 99.1 cm³/mol.